The third-order valence-corrected chi connectivity index (χ3v) is 3.08. The summed E-state index contributed by atoms with van der Waals surface area (Å²) in [6.45, 7) is 5.04. The zero-order valence-electron chi connectivity index (χ0n) is 8.96. The Morgan fingerprint density at radius 3 is 2.46 bits per heavy atom. The molecule has 1 aliphatic carbocycles. The van der Waals surface area contributed by atoms with Crippen molar-refractivity contribution in [2.24, 2.45) is 11.7 Å². The Labute approximate surface area is 81.8 Å². The molecule has 0 radical (unpaired) electrons. The monoisotopic (exact) mass is 185 g/mol. The molecule has 1 aliphatic rings. The van der Waals surface area contributed by atoms with Crippen molar-refractivity contribution in [1.82, 2.24) is 0 Å². The third-order valence-electron chi connectivity index (χ3n) is 3.08. The number of rotatable bonds is 6. The Bertz CT molecular complexity index is 128. The highest BCUT2D eigenvalue weighted by Gasteiger charge is 2.30. The molecule has 0 amide bonds. The van der Waals surface area contributed by atoms with Gasteiger partial charge in [-0.3, -0.25) is 0 Å². The molecule has 1 saturated carbocycles. The minimum Gasteiger partial charge on any atom is -0.377 e. The summed E-state index contributed by atoms with van der Waals surface area (Å²) >= 11 is 0. The summed E-state index contributed by atoms with van der Waals surface area (Å²) < 4.78 is 5.68. The fourth-order valence-electron chi connectivity index (χ4n) is 2.01. The van der Waals surface area contributed by atoms with Gasteiger partial charge in [-0.2, -0.15) is 0 Å². The SMILES string of the molecule is CCCC(OCC)C(N)C1CCC1. The van der Waals surface area contributed by atoms with E-state index in [4.69, 9.17) is 10.5 Å². The molecule has 0 bridgehead atoms. The highest BCUT2D eigenvalue weighted by molar-refractivity contribution is 4.85. The molecule has 78 valence electrons. The summed E-state index contributed by atoms with van der Waals surface area (Å²) in [4.78, 5) is 0. The maximum Gasteiger partial charge on any atom is 0.0728 e. The van der Waals surface area contributed by atoms with Crippen molar-refractivity contribution in [3.63, 3.8) is 0 Å². The van der Waals surface area contributed by atoms with Crippen molar-refractivity contribution >= 4 is 0 Å². The average Bonchev–Trinajstić information content (AvgIpc) is 2.01. The molecule has 1 rings (SSSR count). The molecule has 2 unspecified atom stereocenters. The van der Waals surface area contributed by atoms with Gasteiger partial charge in [0, 0.05) is 12.6 Å². The average molecular weight is 185 g/mol. The van der Waals surface area contributed by atoms with Gasteiger partial charge in [-0.15, -0.1) is 0 Å². The molecule has 0 aliphatic heterocycles. The summed E-state index contributed by atoms with van der Waals surface area (Å²) in [5.41, 5.74) is 6.17. The molecule has 0 aromatic carbocycles. The van der Waals surface area contributed by atoms with Crippen LogP contribution in [0.15, 0.2) is 0 Å². The second-order valence-electron chi connectivity index (χ2n) is 4.05. The van der Waals surface area contributed by atoms with Gasteiger partial charge in [-0.05, 0) is 32.1 Å². The first kappa shape index (κ1) is 11.0. The fraction of sp³-hybridized carbons (Fsp3) is 1.00. The van der Waals surface area contributed by atoms with E-state index in [9.17, 15) is 0 Å². The molecule has 0 saturated heterocycles. The van der Waals surface area contributed by atoms with Crippen LogP contribution in [0.5, 0.6) is 0 Å². The lowest BCUT2D eigenvalue weighted by Gasteiger charge is -2.36. The second kappa shape index (κ2) is 5.61. The van der Waals surface area contributed by atoms with E-state index >= 15 is 0 Å². The zero-order chi connectivity index (χ0) is 9.68. The first-order valence-electron chi connectivity index (χ1n) is 5.66. The minimum atomic E-state index is 0.286. The van der Waals surface area contributed by atoms with Crippen molar-refractivity contribution in [2.45, 2.75) is 58.1 Å². The lowest BCUT2D eigenvalue weighted by atomic mass is 9.77. The molecule has 2 N–H and O–H groups in total. The molecule has 0 heterocycles. The van der Waals surface area contributed by atoms with Crippen LogP contribution in [-0.4, -0.2) is 18.8 Å². The van der Waals surface area contributed by atoms with Crippen LogP contribution in [0, 0.1) is 5.92 Å². The van der Waals surface area contributed by atoms with Gasteiger partial charge in [0.25, 0.3) is 0 Å². The number of ether oxygens (including phenoxy) is 1. The summed E-state index contributed by atoms with van der Waals surface area (Å²) in [7, 11) is 0. The van der Waals surface area contributed by atoms with Gasteiger partial charge in [0.1, 0.15) is 0 Å². The highest BCUT2D eigenvalue weighted by atomic mass is 16.5. The molecule has 13 heavy (non-hydrogen) atoms. The van der Waals surface area contributed by atoms with E-state index in [1.54, 1.807) is 0 Å². The van der Waals surface area contributed by atoms with E-state index < -0.39 is 0 Å². The quantitative estimate of drug-likeness (QED) is 0.689. The van der Waals surface area contributed by atoms with Gasteiger partial charge in [0.2, 0.25) is 0 Å². The standard InChI is InChI=1S/C11H23NO/c1-3-6-10(13-4-2)11(12)9-7-5-8-9/h9-11H,3-8,12H2,1-2H3. The summed E-state index contributed by atoms with van der Waals surface area (Å²) in [6.07, 6.45) is 6.59. The van der Waals surface area contributed by atoms with Crippen LogP contribution in [0.2, 0.25) is 0 Å². The van der Waals surface area contributed by atoms with Crippen LogP contribution in [0.3, 0.4) is 0 Å². The highest BCUT2D eigenvalue weighted by Crippen LogP contribution is 2.31. The summed E-state index contributed by atoms with van der Waals surface area (Å²) in [5.74, 6) is 0.739. The maximum absolute atomic E-state index is 6.17. The lowest BCUT2D eigenvalue weighted by Crippen LogP contribution is -2.45. The van der Waals surface area contributed by atoms with Gasteiger partial charge >= 0.3 is 0 Å². The van der Waals surface area contributed by atoms with Crippen molar-refractivity contribution in [1.29, 1.82) is 0 Å². The van der Waals surface area contributed by atoms with E-state index in [1.807, 2.05) is 0 Å². The van der Waals surface area contributed by atoms with E-state index in [-0.39, 0.29) is 6.04 Å². The van der Waals surface area contributed by atoms with Crippen molar-refractivity contribution in [2.75, 3.05) is 6.61 Å². The predicted molar refractivity (Wildman–Crippen MR) is 55.6 cm³/mol. The third kappa shape index (κ3) is 2.96. The summed E-state index contributed by atoms with van der Waals surface area (Å²) in [5, 5.41) is 0. The topological polar surface area (TPSA) is 35.2 Å². The van der Waals surface area contributed by atoms with Crippen LogP contribution >= 0.6 is 0 Å². The Morgan fingerprint density at radius 2 is 2.08 bits per heavy atom. The first-order valence-corrected chi connectivity index (χ1v) is 5.66. The van der Waals surface area contributed by atoms with Crippen LogP contribution < -0.4 is 5.73 Å². The molecule has 2 nitrogen and oxygen atoms in total. The smallest absolute Gasteiger partial charge is 0.0728 e. The second-order valence-corrected chi connectivity index (χ2v) is 4.05. The normalized spacial score (nSPS) is 22.4. The van der Waals surface area contributed by atoms with Crippen LogP contribution in [0.1, 0.15) is 46.0 Å². The Morgan fingerprint density at radius 1 is 1.38 bits per heavy atom. The number of nitrogens with two attached hydrogens (primary N) is 1. The van der Waals surface area contributed by atoms with Crippen LogP contribution in [0.25, 0.3) is 0 Å². The maximum atomic E-state index is 6.17. The lowest BCUT2D eigenvalue weighted by molar-refractivity contribution is 0.0113. The van der Waals surface area contributed by atoms with E-state index in [2.05, 4.69) is 13.8 Å². The molecule has 0 spiro atoms. The van der Waals surface area contributed by atoms with Crippen LogP contribution in [0.4, 0.5) is 0 Å². The van der Waals surface area contributed by atoms with Crippen molar-refractivity contribution in [3.05, 3.63) is 0 Å². The molecule has 1 fully saturated rings. The van der Waals surface area contributed by atoms with Gasteiger partial charge in [0.15, 0.2) is 0 Å². The Hall–Kier alpha value is -0.0800. The number of hydrogen-bond donors (Lipinski definition) is 1. The largest absolute Gasteiger partial charge is 0.377 e. The predicted octanol–water partition coefficient (Wildman–Crippen LogP) is 2.32. The Kier molecular flexibility index (Phi) is 4.74. The van der Waals surface area contributed by atoms with E-state index in [0.29, 0.717) is 6.10 Å². The van der Waals surface area contributed by atoms with Crippen LogP contribution in [-0.2, 0) is 4.74 Å². The molecule has 0 aromatic heterocycles. The van der Waals surface area contributed by atoms with Crippen molar-refractivity contribution in [3.8, 4) is 0 Å². The number of hydrogen-bond acceptors (Lipinski definition) is 2. The van der Waals surface area contributed by atoms with Gasteiger partial charge in [-0.1, -0.05) is 19.8 Å². The molecule has 2 atom stereocenters. The fourth-order valence-corrected chi connectivity index (χ4v) is 2.01. The molecular formula is C11H23NO. The minimum absolute atomic E-state index is 0.286. The van der Waals surface area contributed by atoms with Crippen molar-refractivity contribution < 1.29 is 4.74 Å². The zero-order valence-corrected chi connectivity index (χ0v) is 8.96. The Balaban J connectivity index is 2.32. The summed E-state index contributed by atoms with van der Waals surface area (Å²) in [6, 6.07) is 0.286. The van der Waals surface area contributed by atoms with Gasteiger partial charge < -0.3 is 10.5 Å². The van der Waals surface area contributed by atoms with E-state index in [0.717, 1.165) is 18.9 Å². The first-order chi connectivity index (χ1) is 6.29. The van der Waals surface area contributed by atoms with Gasteiger partial charge in [-0.25, -0.2) is 0 Å². The molecular weight excluding hydrogens is 162 g/mol. The van der Waals surface area contributed by atoms with Gasteiger partial charge in [0.05, 0.1) is 6.10 Å². The molecule has 0 aromatic rings. The van der Waals surface area contributed by atoms with E-state index in [1.165, 1.54) is 25.7 Å². The molecule has 2 heteroatoms.